The summed E-state index contributed by atoms with van der Waals surface area (Å²) in [5.74, 6) is 1.94. The first-order chi connectivity index (χ1) is 12.6. The molecule has 1 aliphatic rings. The molecule has 1 amide bonds. The van der Waals surface area contributed by atoms with Gasteiger partial charge < -0.3 is 14.5 Å². The van der Waals surface area contributed by atoms with E-state index in [1.54, 1.807) is 7.11 Å². The third-order valence-electron chi connectivity index (χ3n) is 5.19. The van der Waals surface area contributed by atoms with Crippen LogP contribution in [0.4, 0.5) is 0 Å². The average Bonchev–Trinajstić information content (AvgIpc) is 3.07. The molecule has 2 aromatic rings. The molecule has 0 spiro atoms. The Labute approximate surface area is 155 Å². The summed E-state index contributed by atoms with van der Waals surface area (Å²) in [6, 6.07) is 13.5. The van der Waals surface area contributed by atoms with Crippen molar-refractivity contribution in [2.45, 2.75) is 38.3 Å². The number of benzene rings is 1. The Hall–Kier alpha value is -2.11. The number of methoxy groups -OCH3 is 1. The second-order valence-electron chi connectivity index (χ2n) is 7.13. The molecule has 0 aliphatic carbocycles. The van der Waals surface area contributed by atoms with E-state index in [4.69, 9.17) is 9.15 Å². The van der Waals surface area contributed by atoms with Gasteiger partial charge in [0.1, 0.15) is 11.5 Å². The van der Waals surface area contributed by atoms with Gasteiger partial charge >= 0.3 is 0 Å². The monoisotopic (exact) mass is 356 g/mol. The Morgan fingerprint density at radius 3 is 2.54 bits per heavy atom. The number of aryl methyl sites for hydroxylation is 1. The summed E-state index contributed by atoms with van der Waals surface area (Å²) in [6.45, 7) is 5.29. The van der Waals surface area contributed by atoms with E-state index in [0.29, 0.717) is 12.2 Å². The second kappa shape index (κ2) is 8.52. The van der Waals surface area contributed by atoms with E-state index in [-0.39, 0.29) is 11.4 Å². The predicted molar refractivity (Wildman–Crippen MR) is 101 cm³/mol. The zero-order chi connectivity index (χ0) is 18.4. The minimum absolute atomic E-state index is 0.00295. The maximum atomic E-state index is 12.7. The Balaban J connectivity index is 1.62. The van der Waals surface area contributed by atoms with Gasteiger partial charge in [-0.05, 0) is 50.5 Å². The van der Waals surface area contributed by atoms with Gasteiger partial charge in [0.25, 0.3) is 5.91 Å². The maximum Gasteiger partial charge on any atom is 0.251 e. The highest BCUT2D eigenvalue weighted by atomic mass is 16.5. The molecule has 5 nitrogen and oxygen atoms in total. The molecule has 5 heteroatoms. The van der Waals surface area contributed by atoms with Crippen LogP contribution < -0.4 is 5.32 Å². The number of nitrogens with zero attached hydrogens (tertiary/aromatic N) is 1. The number of furan rings is 1. The van der Waals surface area contributed by atoms with Gasteiger partial charge in [0.05, 0.1) is 6.54 Å². The van der Waals surface area contributed by atoms with Crippen LogP contribution in [0.25, 0.3) is 0 Å². The number of piperidine rings is 1. The molecule has 1 N–H and O–H groups in total. The summed E-state index contributed by atoms with van der Waals surface area (Å²) in [6.07, 6.45) is 2.65. The summed E-state index contributed by atoms with van der Waals surface area (Å²) in [7, 11) is 1.71. The molecule has 26 heavy (non-hydrogen) atoms. The van der Waals surface area contributed by atoms with Gasteiger partial charge in [-0.25, -0.2) is 0 Å². The molecular weight excluding hydrogens is 328 g/mol. The molecule has 1 saturated heterocycles. The van der Waals surface area contributed by atoms with Crippen LogP contribution >= 0.6 is 0 Å². The van der Waals surface area contributed by atoms with E-state index in [9.17, 15) is 4.79 Å². The van der Waals surface area contributed by atoms with Crippen molar-refractivity contribution in [2.24, 2.45) is 0 Å². The van der Waals surface area contributed by atoms with E-state index < -0.39 is 0 Å². The minimum Gasteiger partial charge on any atom is -0.465 e. The average molecular weight is 356 g/mol. The predicted octanol–water partition coefficient (Wildman–Crippen LogP) is 3.39. The van der Waals surface area contributed by atoms with Gasteiger partial charge in [0.15, 0.2) is 0 Å². The Morgan fingerprint density at radius 2 is 1.92 bits per heavy atom. The van der Waals surface area contributed by atoms with Gasteiger partial charge in [-0.1, -0.05) is 18.2 Å². The van der Waals surface area contributed by atoms with Crippen LogP contribution in [-0.2, 0) is 11.3 Å². The molecule has 140 valence electrons. The van der Waals surface area contributed by atoms with Crippen molar-refractivity contribution in [3.63, 3.8) is 0 Å². The lowest BCUT2D eigenvalue weighted by atomic mass is 9.84. The van der Waals surface area contributed by atoms with Gasteiger partial charge in [-0.3, -0.25) is 9.69 Å². The first kappa shape index (κ1) is 18.7. The van der Waals surface area contributed by atoms with Crippen LogP contribution in [0.2, 0.25) is 0 Å². The quantitative estimate of drug-likeness (QED) is 0.826. The van der Waals surface area contributed by atoms with Crippen molar-refractivity contribution in [1.82, 2.24) is 10.2 Å². The van der Waals surface area contributed by atoms with Crippen LogP contribution in [0.1, 0.15) is 41.1 Å². The second-order valence-corrected chi connectivity index (χ2v) is 7.13. The Kier molecular flexibility index (Phi) is 6.12. The summed E-state index contributed by atoms with van der Waals surface area (Å²) >= 11 is 0. The van der Waals surface area contributed by atoms with Crippen molar-refractivity contribution in [3.8, 4) is 0 Å². The van der Waals surface area contributed by atoms with Crippen LogP contribution in [0.5, 0.6) is 0 Å². The SMILES string of the molecule is COCCC1(NC(=O)c2ccccc2)CCN(Cc2ccc(C)o2)CC1. The first-order valence-electron chi connectivity index (χ1n) is 9.24. The molecule has 0 bridgehead atoms. The lowest BCUT2D eigenvalue weighted by molar-refractivity contribution is 0.0677. The van der Waals surface area contributed by atoms with Crippen LogP contribution in [-0.4, -0.2) is 43.2 Å². The smallest absolute Gasteiger partial charge is 0.251 e. The molecule has 1 fully saturated rings. The normalized spacial score (nSPS) is 17.2. The van der Waals surface area contributed by atoms with Crippen LogP contribution in [0.15, 0.2) is 46.9 Å². The van der Waals surface area contributed by atoms with E-state index in [0.717, 1.165) is 50.4 Å². The van der Waals surface area contributed by atoms with Gasteiger partial charge in [0, 0.05) is 37.9 Å². The number of carbonyl (C=O) groups excluding carboxylic acids is 1. The van der Waals surface area contributed by atoms with E-state index in [1.807, 2.05) is 49.4 Å². The molecular formula is C21H28N2O3. The summed E-state index contributed by atoms with van der Waals surface area (Å²) in [5.41, 5.74) is 0.496. The van der Waals surface area contributed by atoms with Gasteiger partial charge in [-0.2, -0.15) is 0 Å². The lowest BCUT2D eigenvalue weighted by Gasteiger charge is -2.42. The third-order valence-corrected chi connectivity index (χ3v) is 5.19. The van der Waals surface area contributed by atoms with Crippen molar-refractivity contribution in [2.75, 3.05) is 26.8 Å². The third kappa shape index (κ3) is 4.74. The fourth-order valence-corrected chi connectivity index (χ4v) is 3.57. The summed E-state index contributed by atoms with van der Waals surface area (Å²) in [4.78, 5) is 15.1. The van der Waals surface area contributed by atoms with E-state index >= 15 is 0 Å². The minimum atomic E-state index is -0.210. The number of ether oxygens (including phenoxy) is 1. The van der Waals surface area contributed by atoms with Gasteiger partial charge in [-0.15, -0.1) is 0 Å². The van der Waals surface area contributed by atoms with E-state index in [1.165, 1.54) is 0 Å². The highest BCUT2D eigenvalue weighted by Gasteiger charge is 2.36. The molecule has 1 aromatic heterocycles. The number of hydrogen-bond donors (Lipinski definition) is 1. The molecule has 0 saturated carbocycles. The molecule has 0 unspecified atom stereocenters. The Morgan fingerprint density at radius 1 is 1.19 bits per heavy atom. The standard InChI is InChI=1S/C21H28N2O3/c1-17-8-9-19(26-17)16-23-13-10-21(11-14-23,12-15-25-2)22-20(24)18-6-4-3-5-7-18/h3-9H,10-16H2,1-2H3,(H,22,24). The van der Waals surface area contributed by atoms with Crippen LogP contribution in [0, 0.1) is 6.92 Å². The highest BCUT2D eigenvalue weighted by molar-refractivity contribution is 5.94. The fourth-order valence-electron chi connectivity index (χ4n) is 3.57. The largest absolute Gasteiger partial charge is 0.465 e. The zero-order valence-electron chi connectivity index (χ0n) is 15.7. The lowest BCUT2D eigenvalue weighted by Crippen LogP contribution is -2.55. The zero-order valence-corrected chi connectivity index (χ0v) is 15.7. The van der Waals surface area contributed by atoms with Crippen LogP contribution in [0.3, 0.4) is 0 Å². The molecule has 1 aliphatic heterocycles. The van der Waals surface area contributed by atoms with Crippen molar-refractivity contribution >= 4 is 5.91 Å². The molecule has 1 aromatic carbocycles. The number of carbonyl (C=O) groups is 1. The first-order valence-corrected chi connectivity index (χ1v) is 9.24. The molecule has 3 rings (SSSR count). The van der Waals surface area contributed by atoms with Crippen molar-refractivity contribution in [3.05, 3.63) is 59.5 Å². The molecule has 0 atom stereocenters. The number of hydrogen-bond acceptors (Lipinski definition) is 4. The molecule has 2 heterocycles. The number of nitrogens with one attached hydrogen (secondary N) is 1. The number of rotatable bonds is 7. The highest BCUT2D eigenvalue weighted by Crippen LogP contribution is 2.27. The Bertz CT molecular complexity index is 703. The number of likely N-dealkylation sites (tertiary alicyclic amines) is 1. The molecule has 0 radical (unpaired) electrons. The van der Waals surface area contributed by atoms with Crippen molar-refractivity contribution in [1.29, 1.82) is 0 Å². The summed E-state index contributed by atoms with van der Waals surface area (Å²) < 4.78 is 11.0. The van der Waals surface area contributed by atoms with E-state index in [2.05, 4.69) is 10.2 Å². The maximum absolute atomic E-state index is 12.7. The fraction of sp³-hybridized carbons (Fsp3) is 0.476. The number of amides is 1. The summed E-state index contributed by atoms with van der Waals surface area (Å²) in [5, 5.41) is 3.30. The van der Waals surface area contributed by atoms with Crippen molar-refractivity contribution < 1.29 is 13.9 Å². The topological polar surface area (TPSA) is 54.7 Å². The van der Waals surface area contributed by atoms with Gasteiger partial charge in [0.2, 0.25) is 0 Å².